The molecular weight excluding hydrogens is 170 g/mol. The van der Waals surface area contributed by atoms with Gasteiger partial charge in [0, 0.05) is 13.2 Å². The van der Waals surface area contributed by atoms with Crippen LogP contribution < -0.4 is 0 Å². The summed E-state index contributed by atoms with van der Waals surface area (Å²) in [7, 11) is 1.75. The molecule has 0 bridgehead atoms. The molecule has 0 saturated heterocycles. The average molecular weight is 177 g/mol. The highest BCUT2D eigenvalue weighted by molar-refractivity contribution is 6.05. The van der Waals surface area contributed by atoms with Crippen LogP contribution in [0, 0.1) is 0 Å². The third kappa shape index (κ3) is 1.33. The molecule has 0 atom stereocenters. The van der Waals surface area contributed by atoms with E-state index in [4.69, 9.17) is 0 Å². The van der Waals surface area contributed by atoms with Gasteiger partial charge in [-0.3, -0.25) is 14.6 Å². The van der Waals surface area contributed by atoms with Gasteiger partial charge < -0.3 is 0 Å². The number of hydrogen-bond donors (Lipinski definition) is 1. The second kappa shape index (κ2) is 2.81. The predicted octanol–water partition coefficient (Wildman–Crippen LogP) is -0.231. The number of carbonyl (C=O) groups is 1. The summed E-state index contributed by atoms with van der Waals surface area (Å²) in [4.78, 5) is 15.3. The fourth-order valence-corrected chi connectivity index (χ4v) is 0.990. The van der Waals surface area contributed by atoms with Crippen LogP contribution in [0.1, 0.15) is 16.2 Å². The van der Waals surface area contributed by atoms with Crippen LogP contribution >= 0.6 is 0 Å². The van der Waals surface area contributed by atoms with Gasteiger partial charge in [-0.05, 0) is 0 Å². The summed E-state index contributed by atoms with van der Waals surface area (Å²) in [5.74, 6) is 0.0265. The van der Waals surface area contributed by atoms with E-state index >= 15 is 0 Å². The van der Waals surface area contributed by atoms with E-state index in [1.54, 1.807) is 17.9 Å². The van der Waals surface area contributed by atoms with Crippen LogP contribution in [-0.4, -0.2) is 30.7 Å². The number of aromatic nitrogens is 5. The van der Waals surface area contributed by atoms with Crippen LogP contribution in [0.25, 0.3) is 0 Å². The monoisotopic (exact) mass is 177 g/mol. The Balaban J connectivity index is 2.33. The Hall–Kier alpha value is -1.98. The van der Waals surface area contributed by atoms with Gasteiger partial charge >= 0.3 is 0 Å². The lowest BCUT2D eigenvalue weighted by Crippen LogP contribution is -2.02. The first-order chi connectivity index (χ1) is 6.27. The van der Waals surface area contributed by atoms with E-state index in [0.717, 1.165) is 0 Å². The zero-order valence-electron chi connectivity index (χ0n) is 6.93. The molecule has 2 aromatic rings. The maximum absolute atomic E-state index is 11.5. The van der Waals surface area contributed by atoms with Crippen LogP contribution in [-0.2, 0) is 7.05 Å². The SMILES string of the molecule is Cn1cc(C(=O)c2ncn[nH]2)cn1. The van der Waals surface area contributed by atoms with Crippen LogP contribution in [0.4, 0.5) is 0 Å². The number of carbonyl (C=O) groups excluding carboxylic acids is 1. The first kappa shape index (κ1) is 7.66. The smallest absolute Gasteiger partial charge is 0.232 e. The minimum absolute atomic E-state index is 0.203. The number of nitrogens with one attached hydrogen (secondary N) is 1. The third-order valence-corrected chi connectivity index (χ3v) is 1.60. The average Bonchev–Trinajstić information content (AvgIpc) is 2.72. The summed E-state index contributed by atoms with van der Waals surface area (Å²) in [6.45, 7) is 0. The van der Waals surface area contributed by atoms with Gasteiger partial charge in [0.15, 0.2) is 5.82 Å². The minimum Gasteiger partial charge on any atom is -0.285 e. The van der Waals surface area contributed by atoms with E-state index in [9.17, 15) is 4.79 Å². The molecule has 13 heavy (non-hydrogen) atoms. The first-order valence-electron chi connectivity index (χ1n) is 3.66. The predicted molar refractivity (Wildman–Crippen MR) is 43.0 cm³/mol. The molecule has 6 nitrogen and oxygen atoms in total. The second-order valence-corrected chi connectivity index (χ2v) is 2.57. The van der Waals surface area contributed by atoms with Crippen molar-refractivity contribution in [2.45, 2.75) is 0 Å². The number of aromatic amines is 1. The molecule has 2 heterocycles. The minimum atomic E-state index is -0.203. The lowest BCUT2D eigenvalue weighted by atomic mass is 10.2. The maximum atomic E-state index is 11.5. The van der Waals surface area contributed by atoms with Crippen molar-refractivity contribution in [3.63, 3.8) is 0 Å². The standard InChI is InChI=1S/C7H7N5O/c1-12-3-5(2-10-12)6(13)7-8-4-9-11-7/h2-4H,1H3,(H,8,9,11). The summed E-state index contributed by atoms with van der Waals surface area (Å²) >= 11 is 0. The fraction of sp³-hybridized carbons (Fsp3) is 0.143. The van der Waals surface area contributed by atoms with E-state index in [1.807, 2.05) is 0 Å². The van der Waals surface area contributed by atoms with E-state index in [0.29, 0.717) is 5.56 Å². The Morgan fingerprint density at radius 1 is 1.62 bits per heavy atom. The Morgan fingerprint density at radius 2 is 2.46 bits per heavy atom. The molecule has 1 N–H and O–H groups in total. The maximum Gasteiger partial charge on any atom is 0.232 e. The summed E-state index contributed by atoms with van der Waals surface area (Å²) < 4.78 is 1.56. The zero-order valence-corrected chi connectivity index (χ0v) is 6.93. The summed E-state index contributed by atoms with van der Waals surface area (Å²) in [5, 5.41) is 9.97. The van der Waals surface area contributed by atoms with Gasteiger partial charge in [0.2, 0.25) is 5.78 Å². The van der Waals surface area contributed by atoms with E-state index in [2.05, 4.69) is 20.3 Å². The normalized spacial score (nSPS) is 10.2. The van der Waals surface area contributed by atoms with Gasteiger partial charge in [0.05, 0.1) is 11.8 Å². The molecule has 0 radical (unpaired) electrons. The van der Waals surface area contributed by atoms with Crippen LogP contribution in [0.3, 0.4) is 0 Å². The molecule has 0 spiro atoms. The summed E-state index contributed by atoms with van der Waals surface area (Å²) in [6.07, 6.45) is 4.42. The molecule has 0 aliphatic carbocycles. The molecule has 2 rings (SSSR count). The van der Waals surface area contributed by atoms with Crippen LogP contribution in [0.15, 0.2) is 18.7 Å². The Morgan fingerprint density at radius 3 is 3.00 bits per heavy atom. The van der Waals surface area contributed by atoms with Crippen molar-refractivity contribution in [1.82, 2.24) is 25.0 Å². The molecule has 66 valence electrons. The van der Waals surface area contributed by atoms with Gasteiger partial charge in [0.25, 0.3) is 0 Å². The lowest BCUT2D eigenvalue weighted by Gasteiger charge is -1.88. The molecule has 0 aromatic carbocycles. The molecule has 0 fully saturated rings. The van der Waals surface area contributed by atoms with Crippen molar-refractivity contribution >= 4 is 5.78 Å². The van der Waals surface area contributed by atoms with Crippen molar-refractivity contribution in [2.24, 2.45) is 7.05 Å². The van der Waals surface area contributed by atoms with Crippen LogP contribution in [0.2, 0.25) is 0 Å². The van der Waals surface area contributed by atoms with E-state index in [-0.39, 0.29) is 11.6 Å². The number of nitrogens with zero attached hydrogens (tertiary/aromatic N) is 4. The summed E-state index contributed by atoms with van der Waals surface area (Å²) in [5.41, 5.74) is 0.499. The molecule has 0 aliphatic heterocycles. The topological polar surface area (TPSA) is 76.5 Å². The Labute approximate surface area is 73.6 Å². The Kier molecular flexibility index (Phi) is 1.66. The molecular formula is C7H7N5O. The highest BCUT2D eigenvalue weighted by Crippen LogP contribution is 2.02. The zero-order chi connectivity index (χ0) is 9.26. The van der Waals surface area contributed by atoms with Crippen molar-refractivity contribution in [1.29, 1.82) is 0 Å². The molecule has 6 heteroatoms. The number of H-pyrrole nitrogens is 1. The summed E-state index contributed by atoms with van der Waals surface area (Å²) in [6, 6.07) is 0. The van der Waals surface area contributed by atoms with Crippen molar-refractivity contribution in [3.8, 4) is 0 Å². The molecule has 0 amide bonds. The largest absolute Gasteiger partial charge is 0.285 e. The Bertz CT molecular complexity index is 416. The number of aryl methyl sites for hydroxylation is 1. The van der Waals surface area contributed by atoms with Gasteiger partial charge in [-0.2, -0.15) is 10.2 Å². The molecule has 0 aliphatic rings. The fourth-order valence-electron chi connectivity index (χ4n) is 0.990. The van der Waals surface area contributed by atoms with E-state index < -0.39 is 0 Å². The van der Waals surface area contributed by atoms with Gasteiger partial charge in [-0.1, -0.05) is 0 Å². The lowest BCUT2D eigenvalue weighted by molar-refractivity contribution is 0.102. The number of rotatable bonds is 2. The van der Waals surface area contributed by atoms with Gasteiger partial charge in [-0.15, -0.1) is 0 Å². The van der Waals surface area contributed by atoms with Crippen molar-refractivity contribution in [2.75, 3.05) is 0 Å². The van der Waals surface area contributed by atoms with Gasteiger partial charge in [-0.25, -0.2) is 4.98 Å². The van der Waals surface area contributed by atoms with Crippen molar-refractivity contribution < 1.29 is 4.79 Å². The number of hydrogen-bond acceptors (Lipinski definition) is 4. The van der Waals surface area contributed by atoms with Crippen molar-refractivity contribution in [3.05, 3.63) is 30.1 Å². The highest BCUT2D eigenvalue weighted by Gasteiger charge is 2.12. The third-order valence-electron chi connectivity index (χ3n) is 1.60. The molecule has 0 unspecified atom stereocenters. The first-order valence-corrected chi connectivity index (χ1v) is 3.66. The second-order valence-electron chi connectivity index (χ2n) is 2.57. The quantitative estimate of drug-likeness (QED) is 0.643. The van der Waals surface area contributed by atoms with Crippen LogP contribution in [0.5, 0.6) is 0 Å². The molecule has 0 saturated carbocycles. The van der Waals surface area contributed by atoms with Gasteiger partial charge in [0.1, 0.15) is 6.33 Å². The highest BCUT2D eigenvalue weighted by atomic mass is 16.1. The van der Waals surface area contributed by atoms with E-state index in [1.165, 1.54) is 12.5 Å². The number of ketones is 1. The molecule has 2 aromatic heterocycles.